The number of fused-ring (bicyclic) bond motifs is 9. The third kappa shape index (κ3) is 4.03. The molecular formula is C39H35N5. The van der Waals surface area contributed by atoms with Gasteiger partial charge in [0.05, 0.1) is 33.1 Å². The quantitative estimate of drug-likeness (QED) is 0.209. The maximum Gasteiger partial charge on any atom is 0.138 e. The number of hydrogen-bond donors (Lipinski definition) is 1. The van der Waals surface area contributed by atoms with Gasteiger partial charge < -0.3 is 9.55 Å². The number of aromatic amines is 1. The first kappa shape index (κ1) is 26.6. The molecule has 5 heteroatoms. The molecular weight excluding hydrogens is 538 g/mol. The van der Waals surface area contributed by atoms with Crippen molar-refractivity contribution in [1.29, 1.82) is 0 Å². The van der Waals surface area contributed by atoms with Crippen LogP contribution < -0.4 is 0 Å². The molecule has 44 heavy (non-hydrogen) atoms. The molecule has 8 aromatic rings. The van der Waals surface area contributed by atoms with Crippen molar-refractivity contribution in [2.24, 2.45) is 0 Å². The maximum absolute atomic E-state index is 5.09. The van der Waals surface area contributed by atoms with Crippen molar-refractivity contribution in [2.45, 2.75) is 52.4 Å². The average molecular weight is 574 g/mol. The summed E-state index contributed by atoms with van der Waals surface area (Å²) in [5.74, 6) is 0.833. The first-order valence-corrected chi connectivity index (χ1v) is 15.3. The second kappa shape index (κ2) is 9.23. The van der Waals surface area contributed by atoms with Crippen molar-refractivity contribution in [3.8, 4) is 17.1 Å². The summed E-state index contributed by atoms with van der Waals surface area (Å²) in [4.78, 5) is 18.0. The minimum absolute atomic E-state index is 0.0707. The zero-order chi connectivity index (χ0) is 30.4. The summed E-state index contributed by atoms with van der Waals surface area (Å²) in [6, 6.07) is 30.7. The van der Waals surface area contributed by atoms with Crippen molar-refractivity contribution >= 4 is 54.6 Å². The van der Waals surface area contributed by atoms with Crippen LogP contribution >= 0.6 is 0 Å². The Morgan fingerprint density at radius 2 is 1.11 bits per heavy atom. The minimum atomic E-state index is 0.0707. The Bertz CT molecular complexity index is 2250. The lowest BCUT2D eigenvalue weighted by atomic mass is 9.85. The van der Waals surface area contributed by atoms with Crippen molar-refractivity contribution in [1.82, 2.24) is 24.5 Å². The predicted octanol–water partition coefficient (Wildman–Crippen LogP) is 10.0. The van der Waals surface area contributed by atoms with E-state index in [0.29, 0.717) is 0 Å². The van der Waals surface area contributed by atoms with Gasteiger partial charge in [0, 0.05) is 45.2 Å². The van der Waals surface area contributed by atoms with Crippen molar-refractivity contribution in [2.75, 3.05) is 0 Å². The van der Waals surface area contributed by atoms with Crippen LogP contribution in [0.3, 0.4) is 0 Å². The molecule has 0 spiro atoms. The highest BCUT2D eigenvalue weighted by atomic mass is 15.0. The summed E-state index contributed by atoms with van der Waals surface area (Å²) in [5.41, 5.74) is 11.1. The normalized spacial score (nSPS) is 12.8. The monoisotopic (exact) mass is 573 g/mol. The number of aromatic nitrogens is 5. The average Bonchev–Trinajstić information content (AvgIpc) is 3.60. The minimum Gasteiger partial charge on any atom is -0.337 e. The molecule has 5 nitrogen and oxygen atoms in total. The fourth-order valence-electron chi connectivity index (χ4n) is 6.48. The zero-order valence-corrected chi connectivity index (χ0v) is 26.0. The molecule has 4 aromatic heterocycles. The molecule has 4 heterocycles. The van der Waals surface area contributed by atoms with Crippen LogP contribution in [0, 0.1) is 0 Å². The number of benzene rings is 4. The highest BCUT2D eigenvalue weighted by Gasteiger charge is 2.21. The van der Waals surface area contributed by atoms with E-state index in [1.54, 1.807) is 0 Å². The van der Waals surface area contributed by atoms with E-state index in [0.717, 1.165) is 49.9 Å². The number of pyridine rings is 2. The Balaban J connectivity index is 1.30. The number of imidazole rings is 1. The number of nitrogens with zero attached hydrogens (tertiary/aromatic N) is 4. The Kier molecular flexibility index (Phi) is 5.58. The van der Waals surface area contributed by atoms with Gasteiger partial charge in [0.15, 0.2) is 0 Å². The van der Waals surface area contributed by atoms with Gasteiger partial charge in [0.2, 0.25) is 0 Å². The Hall–Kier alpha value is -5.03. The Morgan fingerprint density at radius 1 is 0.568 bits per heavy atom. The van der Waals surface area contributed by atoms with E-state index in [1.165, 1.54) is 32.9 Å². The Morgan fingerprint density at radius 3 is 1.68 bits per heavy atom. The lowest BCUT2D eigenvalue weighted by Gasteiger charge is -2.19. The summed E-state index contributed by atoms with van der Waals surface area (Å²) in [5, 5.41) is 4.61. The van der Waals surface area contributed by atoms with Crippen LogP contribution in [0.4, 0.5) is 0 Å². The Labute approximate surface area is 256 Å². The summed E-state index contributed by atoms with van der Waals surface area (Å²) in [7, 11) is 0. The van der Waals surface area contributed by atoms with E-state index < -0.39 is 0 Å². The lowest BCUT2D eigenvalue weighted by Crippen LogP contribution is -2.10. The van der Waals surface area contributed by atoms with Gasteiger partial charge >= 0.3 is 0 Å². The van der Waals surface area contributed by atoms with Crippen LogP contribution in [0.2, 0.25) is 0 Å². The predicted molar refractivity (Wildman–Crippen MR) is 184 cm³/mol. The largest absolute Gasteiger partial charge is 0.337 e. The summed E-state index contributed by atoms with van der Waals surface area (Å²) >= 11 is 0. The molecule has 0 amide bonds. The van der Waals surface area contributed by atoms with Crippen molar-refractivity contribution < 1.29 is 0 Å². The molecule has 0 aliphatic rings. The third-order valence-electron chi connectivity index (χ3n) is 8.96. The van der Waals surface area contributed by atoms with Crippen molar-refractivity contribution in [3.05, 3.63) is 108 Å². The van der Waals surface area contributed by atoms with E-state index in [2.05, 4.69) is 134 Å². The van der Waals surface area contributed by atoms with E-state index in [-0.39, 0.29) is 10.8 Å². The highest BCUT2D eigenvalue weighted by Crippen LogP contribution is 2.38. The van der Waals surface area contributed by atoms with Gasteiger partial charge in [-0.15, -0.1) is 0 Å². The molecule has 0 fully saturated rings. The molecule has 0 aliphatic heterocycles. The van der Waals surface area contributed by atoms with Crippen LogP contribution in [-0.4, -0.2) is 24.5 Å². The van der Waals surface area contributed by atoms with E-state index in [4.69, 9.17) is 4.98 Å². The molecule has 0 atom stereocenters. The smallest absolute Gasteiger partial charge is 0.138 e. The van der Waals surface area contributed by atoms with E-state index >= 15 is 0 Å². The molecule has 0 aliphatic carbocycles. The summed E-state index contributed by atoms with van der Waals surface area (Å²) in [6.07, 6.45) is 3.64. The van der Waals surface area contributed by atoms with Crippen LogP contribution in [-0.2, 0) is 10.8 Å². The van der Waals surface area contributed by atoms with Crippen LogP contribution in [0.15, 0.2) is 97.3 Å². The topological polar surface area (TPSA) is 59.4 Å². The number of H-pyrrole nitrogens is 1. The van der Waals surface area contributed by atoms with Crippen LogP contribution in [0.5, 0.6) is 0 Å². The molecule has 1 N–H and O–H groups in total. The van der Waals surface area contributed by atoms with Gasteiger partial charge in [-0.2, -0.15) is 0 Å². The first-order chi connectivity index (χ1) is 21.1. The standard InChI is InChI=1S/C39H35N5/c1-38(2,3)24-13-17-31-29(21-24)30-22-25(39(4,5)6)14-18-32(30)44(31)26-15-11-23(12-16-26)37-42-35-27-9-7-19-40-33(27)34-28(36(35)43-37)10-8-20-41-34/h7-22H,1-6H3,(H,42,43). The number of rotatable bonds is 2. The number of nitrogens with one attached hydrogen (secondary N) is 1. The fourth-order valence-corrected chi connectivity index (χ4v) is 6.48. The zero-order valence-electron chi connectivity index (χ0n) is 26.0. The van der Waals surface area contributed by atoms with Gasteiger partial charge in [-0.3, -0.25) is 9.97 Å². The van der Waals surface area contributed by atoms with Gasteiger partial charge in [-0.05, 0) is 94.8 Å². The molecule has 0 unspecified atom stereocenters. The van der Waals surface area contributed by atoms with Gasteiger partial charge in [-0.25, -0.2) is 4.98 Å². The van der Waals surface area contributed by atoms with E-state index in [9.17, 15) is 0 Å². The molecule has 8 rings (SSSR count). The molecule has 4 aromatic carbocycles. The SMILES string of the molecule is CC(C)(C)c1ccc2c(c1)c1cc(C(C)(C)C)ccc1n2-c1ccc(-c2nc3c4cccnc4c4ncccc4c3[nH]2)cc1. The van der Waals surface area contributed by atoms with Gasteiger partial charge in [-0.1, -0.05) is 53.7 Å². The molecule has 0 saturated heterocycles. The summed E-state index contributed by atoms with van der Waals surface area (Å²) in [6.45, 7) is 13.7. The van der Waals surface area contributed by atoms with Crippen LogP contribution in [0.25, 0.3) is 71.7 Å². The van der Waals surface area contributed by atoms with Crippen molar-refractivity contribution in [3.63, 3.8) is 0 Å². The summed E-state index contributed by atoms with van der Waals surface area (Å²) < 4.78 is 2.39. The highest BCUT2D eigenvalue weighted by molar-refractivity contribution is 6.21. The fraction of sp³-hybridized carbons (Fsp3) is 0.205. The molecule has 216 valence electrons. The van der Waals surface area contributed by atoms with Gasteiger partial charge in [0.1, 0.15) is 5.82 Å². The lowest BCUT2D eigenvalue weighted by molar-refractivity contribution is 0.590. The molecule has 0 radical (unpaired) electrons. The molecule has 0 bridgehead atoms. The second-order valence-electron chi connectivity index (χ2n) is 14.0. The third-order valence-corrected chi connectivity index (χ3v) is 8.96. The van der Waals surface area contributed by atoms with Gasteiger partial charge in [0.25, 0.3) is 0 Å². The second-order valence-corrected chi connectivity index (χ2v) is 14.0. The van der Waals surface area contributed by atoms with Crippen LogP contribution in [0.1, 0.15) is 52.7 Å². The molecule has 0 saturated carbocycles. The number of hydrogen-bond acceptors (Lipinski definition) is 3. The maximum atomic E-state index is 5.09. The van der Waals surface area contributed by atoms with E-state index in [1.807, 2.05) is 24.5 Å². The first-order valence-electron chi connectivity index (χ1n) is 15.3.